The first-order chi connectivity index (χ1) is 14.6. The van der Waals surface area contributed by atoms with Crippen LogP contribution in [0.25, 0.3) is 11.2 Å². The lowest BCUT2D eigenvalue weighted by atomic mass is 10.1. The highest BCUT2D eigenvalue weighted by Crippen LogP contribution is 2.23. The van der Waals surface area contributed by atoms with Crippen LogP contribution in [0.4, 0.5) is 0 Å². The molecule has 0 aliphatic heterocycles. The molecule has 0 radical (unpaired) electrons. The van der Waals surface area contributed by atoms with E-state index in [1.165, 1.54) is 15.7 Å². The van der Waals surface area contributed by atoms with Crippen molar-refractivity contribution in [2.24, 2.45) is 7.05 Å². The lowest BCUT2D eigenvalue weighted by Gasteiger charge is -2.09. The molecule has 1 N–H and O–H groups in total. The van der Waals surface area contributed by atoms with E-state index in [0.29, 0.717) is 17.7 Å². The summed E-state index contributed by atoms with van der Waals surface area (Å²) in [6, 6.07) is 20.6. The van der Waals surface area contributed by atoms with Crippen LogP contribution in [0.2, 0.25) is 0 Å². The summed E-state index contributed by atoms with van der Waals surface area (Å²) in [7, 11) is 1.64. The van der Waals surface area contributed by atoms with Gasteiger partial charge in [0.1, 0.15) is 0 Å². The fourth-order valence-corrected chi connectivity index (χ4v) is 4.53. The van der Waals surface area contributed by atoms with Crippen molar-refractivity contribution >= 4 is 22.9 Å². The summed E-state index contributed by atoms with van der Waals surface area (Å²) in [6.07, 6.45) is 2.70. The molecule has 0 bridgehead atoms. The van der Waals surface area contributed by atoms with E-state index in [2.05, 4.69) is 34.2 Å². The van der Waals surface area contributed by atoms with Crippen LogP contribution in [0.15, 0.2) is 75.4 Å². The second kappa shape index (κ2) is 9.17. The highest BCUT2D eigenvalue weighted by Gasteiger charge is 2.17. The van der Waals surface area contributed by atoms with E-state index >= 15 is 0 Å². The van der Waals surface area contributed by atoms with Crippen molar-refractivity contribution < 1.29 is 0 Å². The van der Waals surface area contributed by atoms with Gasteiger partial charge in [0.05, 0.1) is 0 Å². The van der Waals surface area contributed by atoms with Gasteiger partial charge < -0.3 is 4.57 Å². The number of H-pyrrole nitrogens is 1. The average molecular weight is 421 g/mol. The molecule has 0 saturated carbocycles. The van der Waals surface area contributed by atoms with E-state index in [9.17, 15) is 9.59 Å². The lowest BCUT2D eigenvalue weighted by molar-refractivity contribution is 0.608. The summed E-state index contributed by atoms with van der Waals surface area (Å²) >= 11 is 1.62. The molecule has 30 heavy (non-hydrogen) atoms. The lowest BCUT2D eigenvalue weighted by Crippen LogP contribution is -2.29. The Kier molecular flexibility index (Phi) is 6.18. The second-order valence-corrected chi connectivity index (χ2v) is 8.27. The van der Waals surface area contributed by atoms with Gasteiger partial charge in [-0.1, -0.05) is 72.4 Å². The Bertz CT molecular complexity index is 1240. The molecule has 2 heterocycles. The summed E-state index contributed by atoms with van der Waals surface area (Å²) in [5.74, 6) is 0.845. The smallest absolute Gasteiger partial charge is 0.313 e. The van der Waals surface area contributed by atoms with Crippen molar-refractivity contribution in [1.29, 1.82) is 0 Å². The minimum atomic E-state index is -0.442. The SMILES string of the molecule is Cn1c(=O)[nH]c(=O)c2c1nc(SCCc1ccccc1)n2CCCc1ccccc1. The number of hydrogen-bond donors (Lipinski definition) is 1. The average Bonchev–Trinajstić information content (AvgIpc) is 3.13. The van der Waals surface area contributed by atoms with E-state index in [0.717, 1.165) is 30.2 Å². The zero-order valence-corrected chi connectivity index (χ0v) is 17.7. The fraction of sp³-hybridized carbons (Fsp3) is 0.261. The summed E-state index contributed by atoms with van der Waals surface area (Å²) in [5.41, 5.74) is 2.61. The van der Waals surface area contributed by atoms with E-state index in [-0.39, 0.29) is 5.56 Å². The standard InChI is InChI=1S/C23H24N4O2S/c1-26-20-19(21(28)25-22(26)29)27(15-8-13-17-9-4-2-5-10-17)23(24-20)30-16-14-18-11-6-3-7-12-18/h2-7,9-12H,8,13-16H2,1H3,(H,25,28,29). The number of fused-ring (bicyclic) bond motifs is 1. The predicted octanol–water partition coefficient (Wildman–Crippen LogP) is 3.39. The fourth-order valence-electron chi connectivity index (χ4n) is 3.52. The van der Waals surface area contributed by atoms with Crippen LogP contribution < -0.4 is 11.2 Å². The maximum atomic E-state index is 12.6. The van der Waals surface area contributed by atoms with Crippen LogP contribution >= 0.6 is 11.8 Å². The Morgan fingerprint density at radius 3 is 2.23 bits per heavy atom. The van der Waals surface area contributed by atoms with Crippen molar-refractivity contribution in [3.8, 4) is 0 Å². The molecule has 0 saturated heterocycles. The van der Waals surface area contributed by atoms with Crippen molar-refractivity contribution in [2.75, 3.05) is 5.75 Å². The topological polar surface area (TPSA) is 72.7 Å². The monoisotopic (exact) mass is 420 g/mol. The zero-order valence-electron chi connectivity index (χ0n) is 16.9. The maximum absolute atomic E-state index is 12.6. The molecular weight excluding hydrogens is 396 g/mol. The first kappa shape index (κ1) is 20.2. The molecule has 0 aliphatic carbocycles. The molecule has 0 atom stereocenters. The van der Waals surface area contributed by atoms with E-state index in [1.54, 1.807) is 18.8 Å². The minimum absolute atomic E-state index is 0.379. The molecule has 2 aromatic carbocycles. The second-order valence-electron chi connectivity index (χ2n) is 7.21. The molecule has 7 heteroatoms. The van der Waals surface area contributed by atoms with Crippen LogP contribution in [-0.4, -0.2) is 24.9 Å². The number of aromatic amines is 1. The van der Waals surface area contributed by atoms with Crippen LogP contribution in [0.3, 0.4) is 0 Å². The molecule has 4 aromatic rings. The van der Waals surface area contributed by atoms with Crippen LogP contribution in [0.5, 0.6) is 0 Å². The molecule has 0 spiro atoms. The first-order valence-electron chi connectivity index (χ1n) is 10.0. The molecule has 4 rings (SSSR count). The Labute approximate surface area is 178 Å². The zero-order chi connectivity index (χ0) is 20.9. The number of nitrogens with zero attached hydrogens (tertiary/aromatic N) is 3. The van der Waals surface area contributed by atoms with Gasteiger partial charge >= 0.3 is 5.69 Å². The Morgan fingerprint density at radius 2 is 1.57 bits per heavy atom. The number of nitrogens with one attached hydrogen (secondary N) is 1. The predicted molar refractivity (Wildman–Crippen MR) is 121 cm³/mol. The van der Waals surface area contributed by atoms with Crippen molar-refractivity contribution in [3.63, 3.8) is 0 Å². The van der Waals surface area contributed by atoms with Gasteiger partial charge in [0.25, 0.3) is 5.56 Å². The normalized spacial score (nSPS) is 11.2. The molecule has 0 amide bonds. The summed E-state index contributed by atoms with van der Waals surface area (Å²) in [5, 5.41) is 0.778. The van der Waals surface area contributed by atoms with Gasteiger partial charge in [-0.15, -0.1) is 0 Å². The van der Waals surface area contributed by atoms with Gasteiger partial charge in [-0.3, -0.25) is 14.3 Å². The number of aryl methyl sites for hydroxylation is 4. The quantitative estimate of drug-likeness (QED) is 0.444. The number of aromatic nitrogens is 4. The van der Waals surface area contributed by atoms with Gasteiger partial charge in [-0.2, -0.15) is 0 Å². The van der Waals surface area contributed by atoms with Crippen molar-refractivity contribution in [3.05, 3.63) is 92.6 Å². The van der Waals surface area contributed by atoms with Crippen LogP contribution in [0.1, 0.15) is 17.5 Å². The Balaban J connectivity index is 1.59. The molecule has 154 valence electrons. The largest absolute Gasteiger partial charge is 0.329 e. The summed E-state index contributed by atoms with van der Waals surface area (Å²) in [4.78, 5) is 31.7. The number of thioether (sulfide) groups is 1. The molecule has 0 aliphatic rings. The molecule has 2 aromatic heterocycles. The molecule has 0 fully saturated rings. The number of imidazole rings is 1. The van der Waals surface area contributed by atoms with E-state index in [4.69, 9.17) is 0 Å². The summed E-state index contributed by atoms with van der Waals surface area (Å²) < 4.78 is 3.37. The van der Waals surface area contributed by atoms with Gasteiger partial charge in [0.2, 0.25) is 0 Å². The number of hydrogen-bond acceptors (Lipinski definition) is 4. The first-order valence-corrected chi connectivity index (χ1v) is 11.0. The van der Waals surface area contributed by atoms with Crippen molar-refractivity contribution in [2.45, 2.75) is 31.0 Å². The maximum Gasteiger partial charge on any atom is 0.329 e. The third-order valence-corrected chi connectivity index (χ3v) is 6.10. The highest BCUT2D eigenvalue weighted by molar-refractivity contribution is 7.99. The van der Waals surface area contributed by atoms with E-state index < -0.39 is 5.69 Å². The van der Waals surface area contributed by atoms with Gasteiger partial charge in [-0.25, -0.2) is 9.78 Å². The third-order valence-electron chi connectivity index (χ3n) is 5.13. The van der Waals surface area contributed by atoms with Crippen molar-refractivity contribution in [1.82, 2.24) is 19.1 Å². The van der Waals surface area contributed by atoms with Crippen LogP contribution in [-0.2, 0) is 26.4 Å². The van der Waals surface area contributed by atoms with Crippen LogP contribution in [0, 0.1) is 0 Å². The molecule has 0 unspecified atom stereocenters. The Morgan fingerprint density at radius 1 is 0.933 bits per heavy atom. The van der Waals surface area contributed by atoms with Gasteiger partial charge in [-0.05, 0) is 30.4 Å². The third kappa shape index (κ3) is 4.41. The highest BCUT2D eigenvalue weighted by atomic mass is 32.2. The Hall–Kier alpha value is -3.06. The van der Waals surface area contributed by atoms with Gasteiger partial charge in [0, 0.05) is 19.3 Å². The molecule has 6 nitrogen and oxygen atoms in total. The number of benzene rings is 2. The van der Waals surface area contributed by atoms with Gasteiger partial charge in [0.15, 0.2) is 16.3 Å². The van der Waals surface area contributed by atoms with E-state index in [1.807, 2.05) is 41.0 Å². The number of rotatable bonds is 8. The minimum Gasteiger partial charge on any atom is -0.313 e. The molecular formula is C23H24N4O2S. The summed E-state index contributed by atoms with van der Waals surface area (Å²) in [6.45, 7) is 0.667.